The van der Waals surface area contributed by atoms with Crippen LogP contribution in [0.15, 0.2) is 6.20 Å². The van der Waals surface area contributed by atoms with Gasteiger partial charge in [0.05, 0.1) is 42.4 Å². The van der Waals surface area contributed by atoms with E-state index in [-0.39, 0.29) is 50.2 Å². The highest BCUT2D eigenvalue weighted by Crippen LogP contribution is 2.34. The topological polar surface area (TPSA) is 137 Å². The van der Waals surface area contributed by atoms with Crippen LogP contribution in [-0.4, -0.2) is 57.6 Å². The molecule has 2 amide bonds. The van der Waals surface area contributed by atoms with Crippen molar-refractivity contribution in [3.8, 4) is 6.07 Å². The number of nitrogens with zero attached hydrogens (tertiary/aromatic N) is 4. The lowest BCUT2D eigenvalue weighted by atomic mass is 9.85. The van der Waals surface area contributed by atoms with Crippen LogP contribution in [0.25, 0.3) is 0 Å². The fourth-order valence-corrected chi connectivity index (χ4v) is 3.16. The van der Waals surface area contributed by atoms with E-state index in [0.717, 1.165) is 0 Å². The van der Waals surface area contributed by atoms with Gasteiger partial charge in [-0.2, -0.15) is 23.5 Å². The van der Waals surface area contributed by atoms with E-state index in [1.807, 2.05) is 6.07 Å². The normalized spacial score (nSPS) is 17.3. The number of piperidine rings is 1. The summed E-state index contributed by atoms with van der Waals surface area (Å²) in [6.45, 7) is -1.08. The van der Waals surface area contributed by atoms with Gasteiger partial charge >= 0.3 is 12.3 Å². The van der Waals surface area contributed by atoms with E-state index in [1.54, 1.807) is 0 Å². The van der Waals surface area contributed by atoms with Gasteiger partial charge in [0.1, 0.15) is 0 Å². The molecule has 1 fully saturated rings. The number of rotatable bonds is 6. The first-order valence-corrected chi connectivity index (χ1v) is 8.08. The van der Waals surface area contributed by atoms with Crippen LogP contribution in [0.3, 0.4) is 0 Å². The van der Waals surface area contributed by atoms with E-state index in [9.17, 15) is 28.0 Å². The molecule has 148 valence electrons. The smallest absolute Gasteiger partial charge is 0.404 e. The van der Waals surface area contributed by atoms with E-state index in [2.05, 4.69) is 10.4 Å². The Bertz CT molecular complexity index is 747. The molecular formula is C15H19F3N6O3. The van der Waals surface area contributed by atoms with Crippen molar-refractivity contribution in [1.82, 2.24) is 20.0 Å². The third-order valence-corrected chi connectivity index (χ3v) is 4.55. The Morgan fingerprint density at radius 1 is 1.41 bits per heavy atom. The Morgan fingerprint density at radius 3 is 2.52 bits per heavy atom. The molecule has 1 saturated heterocycles. The van der Waals surface area contributed by atoms with Crippen molar-refractivity contribution in [3.05, 3.63) is 17.5 Å². The quantitative estimate of drug-likeness (QED) is 0.665. The Kier molecular flexibility index (Phi) is 5.94. The molecule has 0 aliphatic carbocycles. The van der Waals surface area contributed by atoms with Crippen molar-refractivity contribution < 1.29 is 27.9 Å². The second-order valence-corrected chi connectivity index (χ2v) is 6.41. The number of nitrogens with one attached hydrogen (secondary N) is 1. The Morgan fingerprint density at radius 2 is 2.04 bits per heavy atom. The van der Waals surface area contributed by atoms with Crippen molar-refractivity contribution in [3.63, 3.8) is 0 Å². The molecule has 1 aromatic rings. The first-order valence-electron chi connectivity index (χ1n) is 8.08. The molecular weight excluding hydrogens is 369 g/mol. The minimum absolute atomic E-state index is 0.00112. The largest absolute Gasteiger partial charge is 0.465 e. The highest BCUT2D eigenvalue weighted by atomic mass is 19.4. The molecule has 0 saturated carbocycles. The summed E-state index contributed by atoms with van der Waals surface area (Å²) in [6.07, 6.45) is -3.86. The average molecular weight is 388 g/mol. The van der Waals surface area contributed by atoms with Crippen molar-refractivity contribution >= 4 is 12.0 Å². The van der Waals surface area contributed by atoms with E-state index >= 15 is 0 Å². The number of carbonyl (C=O) groups excluding carboxylic acids is 1. The summed E-state index contributed by atoms with van der Waals surface area (Å²) in [4.78, 5) is 23.6. The van der Waals surface area contributed by atoms with Crippen LogP contribution in [-0.2, 0) is 12.1 Å². The Labute approximate surface area is 152 Å². The lowest BCUT2D eigenvalue weighted by Crippen LogP contribution is -2.48. The molecule has 12 heteroatoms. The van der Waals surface area contributed by atoms with Gasteiger partial charge in [0, 0.05) is 19.3 Å². The molecule has 4 N–H and O–H groups in total. The number of amides is 2. The third kappa shape index (κ3) is 5.10. The molecule has 1 aliphatic heterocycles. The van der Waals surface area contributed by atoms with Gasteiger partial charge in [0.25, 0.3) is 5.91 Å². The van der Waals surface area contributed by atoms with Gasteiger partial charge in [-0.1, -0.05) is 0 Å². The summed E-state index contributed by atoms with van der Waals surface area (Å²) in [5.41, 5.74) is 4.52. The maximum atomic E-state index is 12.6. The molecule has 0 atom stereocenters. The number of hydrogen-bond acceptors (Lipinski definition) is 5. The second-order valence-electron chi connectivity index (χ2n) is 6.41. The predicted octanol–water partition coefficient (Wildman–Crippen LogP) is 1.02. The maximum Gasteiger partial charge on any atom is 0.404 e. The monoisotopic (exact) mass is 388 g/mol. The summed E-state index contributed by atoms with van der Waals surface area (Å²) in [7, 11) is 0. The highest BCUT2D eigenvalue weighted by molar-refractivity contribution is 5.93. The minimum Gasteiger partial charge on any atom is -0.465 e. The Hall–Kier alpha value is -2.81. The standard InChI is InChI=1S/C15H19F3N6O3/c16-15(17,18)9-23-5-2-14(1-4-19,3-6-23)24-8-10(12(20)25)11(22-24)7-21-13(26)27/h8,21H,1-3,5-7,9H2,(H2,20,25)(H,26,27). The van der Waals surface area contributed by atoms with Crippen molar-refractivity contribution in [2.75, 3.05) is 19.6 Å². The van der Waals surface area contributed by atoms with Crippen LogP contribution in [0.1, 0.15) is 35.3 Å². The maximum absolute atomic E-state index is 12.6. The number of nitrogens with two attached hydrogens (primary N) is 1. The number of carbonyl (C=O) groups is 2. The first-order chi connectivity index (χ1) is 12.6. The fraction of sp³-hybridized carbons (Fsp3) is 0.600. The molecule has 27 heavy (non-hydrogen) atoms. The SMILES string of the molecule is N#CCC1(n2cc(C(N)=O)c(CNC(=O)O)n2)CCN(CC(F)(F)F)CC1. The number of alkyl halides is 3. The van der Waals surface area contributed by atoms with E-state index in [0.29, 0.717) is 0 Å². The molecule has 0 bridgehead atoms. The number of primary amides is 1. The summed E-state index contributed by atoms with van der Waals surface area (Å²) < 4.78 is 39.1. The molecule has 0 radical (unpaired) electrons. The highest BCUT2D eigenvalue weighted by Gasteiger charge is 2.40. The molecule has 9 nitrogen and oxygen atoms in total. The summed E-state index contributed by atoms with van der Waals surface area (Å²) in [5.74, 6) is -0.815. The van der Waals surface area contributed by atoms with Crippen LogP contribution in [0.2, 0.25) is 0 Å². The number of halogens is 3. The van der Waals surface area contributed by atoms with E-state index in [4.69, 9.17) is 10.8 Å². The van der Waals surface area contributed by atoms with Crippen molar-refractivity contribution in [1.29, 1.82) is 5.26 Å². The van der Waals surface area contributed by atoms with Crippen LogP contribution in [0, 0.1) is 11.3 Å². The molecule has 0 aromatic carbocycles. The minimum atomic E-state index is -4.31. The van der Waals surface area contributed by atoms with Crippen molar-refractivity contribution in [2.24, 2.45) is 5.73 Å². The number of hydrogen-bond donors (Lipinski definition) is 3. The van der Waals surface area contributed by atoms with Gasteiger partial charge in [-0.3, -0.25) is 14.4 Å². The number of carboxylic acid groups (broad SMARTS) is 1. The second kappa shape index (κ2) is 7.83. The van der Waals surface area contributed by atoms with E-state index < -0.39 is 30.3 Å². The van der Waals surface area contributed by atoms with Crippen LogP contribution >= 0.6 is 0 Å². The summed E-state index contributed by atoms with van der Waals surface area (Å²) in [5, 5.41) is 24.2. The van der Waals surface area contributed by atoms with Gasteiger partial charge in [-0.15, -0.1) is 0 Å². The summed E-state index contributed by atoms with van der Waals surface area (Å²) in [6, 6.07) is 2.02. The zero-order valence-electron chi connectivity index (χ0n) is 14.3. The van der Waals surface area contributed by atoms with Crippen LogP contribution in [0.4, 0.5) is 18.0 Å². The van der Waals surface area contributed by atoms with Gasteiger partial charge in [0.2, 0.25) is 0 Å². The zero-order valence-corrected chi connectivity index (χ0v) is 14.3. The Balaban J connectivity index is 2.26. The summed E-state index contributed by atoms with van der Waals surface area (Å²) >= 11 is 0. The zero-order chi connectivity index (χ0) is 20.2. The fourth-order valence-electron chi connectivity index (χ4n) is 3.16. The number of aromatic nitrogens is 2. The van der Waals surface area contributed by atoms with Gasteiger partial charge in [0.15, 0.2) is 0 Å². The molecule has 0 unspecified atom stereocenters. The van der Waals surface area contributed by atoms with Crippen molar-refractivity contribution in [2.45, 2.75) is 37.5 Å². The molecule has 1 aromatic heterocycles. The number of likely N-dealkylation sites (tertiary alicyclic amines) is 1. The number of nitriles is 1. The molecule has 1 aliphatic rings. The average Bonchev–Trinajstić information content (AvgIpc) is 2.99. The lowest BCUT2D eigenvalue weighted by Gasteiger charge is -2.41. The predicted molar refractivity (Wildman–Crippen MR) is 85.5 cm³/mol. The molecule has 2 heterocycles. The molecule has 0 spiro atoms. The molecule has 2 rings (SSSR count). The van der Waals surface area contributed by atoms with E-state index in [1.165, 1.54) is 15.8 Å². The van der Waals surface area contributed by atoms with Gasteiger partial charge < -0.3 is 16.2 Å². The third-order valence-electron chi connectivity index (χ3n) is 4.55. The van der Waals surface area contributed by atoms with Crippen LogP contribution in [0.5, 0.6) is 0 Å². The first kappa shape index (κ1) is 20.5. The van der Waals surface area contributed by atoms with Gasteiger partial charge in [-0.05, 0) is 12.8 Å². The lowest BCUT2D eigenvalue weighted by molar-refractivity contribution is -0.150. The van der Waals surface area contributed by atoms with Crippen LogP contribution < -0.4 is 11.1 Å². The van der Waals surface area contributed by atoms with Gasteiger partial charge in [-0.25, -0.2) is 4.79 Å².